The monoisotopic (exact) mass is 438 g/mol. The van der Waals surface area contributed by atoms with Crippen molar-refractivity contribution in [2.75, 3.05) is 42.6 Å². The first kappa shape index (κ1) is 21.0. The zero-order valence-electron chi connectivity index (χ0n) is 17.5. The Morgan fingerprint density at radius 2 is 1.77 bits per heavy atom. The molecule has 1 aliphatic heterocycles. The fourth-order valence-corrected chi connectivity index (χ4v) is 3.59. The minimum atomic E-state index is -0.422. The van der Waals surface area contributed by atoms with E-state index in [0.29, 0.717) is 35.3 Å². The Morgan fingerprint density at radius 1 is 1.06 bits per heavy atom. The largest absolute Gasteiger partial charge is 0.462 e. The number of nitrogens with zero attached hydrogens (tertiary/aromatic N) is 6. The van der Waals surface area contributed by atoms with Crippen LogP contribution in [0.15, 0.2) is 42.9 Å². The summed E-state index contributed by atoms with van der Waals surface area (Å²) in [6.45, 7) is 6.89. The quantitative estimate of drug-likeness (QED) is 0.560. The molecule has 1 aromatic carbocycles. The number of ether oxygens (including phenoxy) is 1. The van der Waals surface area contributed by atoms with E-state index in [2.05, 4.69) is 24.8 Å². The fraction of sp³-hybridized carbons (Fsp3) is 0.318. The van der Waals surface area contributed by atoms with Crippen LogP contribution in [-0.4, -0.2) is 58.7 Å². The molecule has 0 atom stereocenters. The number of halogens is 1. The highest BCUT2D eigenvalue weighted by molar-refractivity contribution is 6.30. The maximum absolute atomic E-state index is 12.6. The smallest absolute Gasteiger partial charge is 0.343 e. The number of anilines is 2. The van der Waals surface area contributed by atoms with Gasteiger partial charge in [0.15, 0.2) is 5.82 Å². The van der Waals surface area contributed by atoms with Gasteiger partial charge in [-0.2, -0.15) is 0 Å². The molecule has 1 aliphatic rings. The van der Waals surface area contributed by atoms with Crippen LogP contribution in [0.1, 0.15) is 23.0 Å². The molecule has 0 unspecified atom stereocenters. The van der Waals surface area contributed by atoms with Crippen molar-refractivity contribution in [3.05, 3.63) is 59.1 Å². The highest BCUT2D eigenvalue weighted by atomic mass is 35.5. The molecule has 0 radical (unpaired) electrons. The van der Waals surface area contributed by atoms with Crippen molar-refractivity contribution in [1.82, 2.24) is 19.9 Å². The summed E-state index contributed by atoms with van der Waals surface area (Å²) in [5, 5.41) is 0.642. The number of rotatable bonds is 5. The van der Waals surface area contributed by atoms with E-state index in [0.717, 1.165) is 30.2 Å². The Hall–Kier alpha value is -3.26. The molecule has 4 rings (SSSR count). The summed E-state index contributed by atoms with van der Waals surface area (Å²) in [4.78, 5) is 34.5. The number of carbonyl (C=O) groups is 1. The first-order valence-electron chi connectivity index (χ1n) is 10.1. The van der Waals surface area contributed by atoms with Gasteiger partial charge in [0, 0.05) is 54.7 Å². The Labute approximate surface area is 185 Å². The minimum absolute atomic E-state index is 0.290. The molecule has 1 saturated heterocycles. The van der Waals surface area contributed by atoms with Gasteiger partial charge in [-0.15, -0.1) is 0 Å². The molecule has 9 heteroatoms. The van der Waals surface area contributed by atoms with E-state index < -0.39 is 5.97 Å². The third kappa shape index (κ3) is 4.74. The van der Waals surface area contributed by atoms with E-state index in [-0.39, 0.29) is 6.61 Å². The van der Waals surface area contributed by atoms with Gasteiger partial charge in [0.05, 0.1) is 6.61 Å². The molecule has 160 valence electrons. The molecule has 31 heavy (non-hydrogen) atoms. The maximum atomic E-state index is 12.6. The lowest BCUT2D eigenvalue weighted by molar-refractivity contribution is 0.0526. The summed E-state index contributed by atoms with van der Waals surface area (Å²) in [7, 11) is 0. The van der Waals surface area contributed by atoms with Crippen LogP contribution in [-0.2, 0) is 4.74 Å². The summed E-state index contributed by atoms with van der Waals surface area (Å²) in [5.74, 6) is 1.60. The number of aromatic nitrogens is 4. The van der Waals surface area contributed by atoms with Gasteiger partial charge in [-0.05, 0) is 38.1 Å². The molecule has 0 bridgehead atoms. The van der Waals surface area contributed by atoms with Crippen LogP contribution in [0.4, 0.5) is 11.6 Å². The Kier molecular flexibility index (Phi) is 6.27. The summed E-state index contributed by atoms with van der Waals surface area (Å²) in [6.07, 6.45) is 3.13. The molecule has 3 aromatic rings. The van der Waals surface area contributed by atoms with E-state index >= 15 is 0 Å². The second-order valence-corrected chi connectivity index (χ2v) is 7.59. The SMILES string of the molecule is CCOC(=O)c1cnc(-c2ccc(Cl)cc2)nc1N1CCN(c2cc(C)ncn2)CC1. The van der Waals surface area contributed by atoms with Crippen molar-refractivity contribution in [2.45, 2.75) is 13.8 Å². The van der Waals surface area contributed by atoms with Crippen molar-refractivity contribution in [1.29, 1.82) is 0 Å². The number of benzene rings is 1. The summed E-state index contributed by atoms with van der Waals surface area (Å²) in [5.41, 5.74) is 2.13. The summed E-state index contributed by atoms with van der Waals surface area (Å²) < 4.78 is 5.23. The zero-order chi connectivity index (χ0) is 21.8. The van der Waals surface area contributed by atoms with E-state index in [1.165, 1.54) is 0 Å². The van der Waals surface area contributed by atoms with Gasteiger partial charge in [0.1, 0.15) is 23.5 Å². The van der Waals surface area contributed by atoms with Gasteiger partial charge in [0.2, 0.25) is 0 Å². The van der Waals surface area contributed by atoms with E-state index in [4.69, 9.17) is 21.3 Å². The Bertz CT molecular complexity index is 1070. The number of aryl methyl sites for hydroxylation is 1. The van der Waals surface area contributed by atoms with Crippen LogP contribution in [0.2, 0.25) is 5.02 Å². The standard InChI is InChI=1S/C22H23ClN6O2/c1-3-31-22(30)18-13-24-20(16-4-6-17(23)7-5-16)27-21(18)29-10-8-28(9-11-29)19-12-15(2)25-14-26-19/h4-7,12-14H,3,8-11H2,1-2H3. The normalized spacial score (nSPS) is 13.9. The first-order valence-corrected chi connectivity index (χ1v) is 10.5. The van der Waals surface area contributed by atoms with Crippen molar-refractivity contribution in [2.24, 2.45) is 0 Å². The molecular weight excluding hydrogens is 416 g/mol. The highest BCUT2D eigenvalue weighted by Crippen LogP contribution is 2.26. The van der Waals surface area contributed by atoms with Gasteiger partial charge in [0.25, 0.3) is 0 Å². The van der Waals surface area contributed by atoms with Gasteiger partial charge in [-0.1, -0.05) is 11.6 Å². The molecule has 0 amide bonds. The number of piperazine rings is 1. The average Bonchev–Trinajstić information content (AvgIpc) is 2.79. The molecule has 0 saturated carbocycles. The molecule has 0 spiro atoms. The number of hydrogen-bond donors (Lipinski definition) is 0. The van der Waals surface area contributed by atoms with Crippen molar-refractivity contribution in [3.63, 3.8) is 0 Å². The lowest BCUT2D eigenvalue weighted by atomic mass is 10.2. The Balaban J connectivity index is 1.61. The average molecular weight is 439 g/mol. The van der Waals surface area contributed by atoms with Gasteiger partial charge in [-0.25, -0.2) is 24.7 Å². The highest BCUT2D eigenvalue weighted by Gasteiger charge is 2.25. The van der Waals surface area contributed by atoms with Gasteiger partial charge < -0.3 is 14.5 Å². The molecule has 8 nitrogen and oxygen atoms in total. The lowest BCUT2D eigenvalue weighted by Gasteiger charge is -2.36. The van der Waals surface area contributed by atoms with Crippen molar-refractivity contribution < 1.29 is 9.53 Å². The van der Waals surface area contributed by atoms with Crippen LogP contribution in [0.3, 0.4) is 0 Å². The van der Waals surface area contributed by atoms with Crippen LogP contribution < -0.4 is 9.80 Å². The predicted octanol–water partition coefficient (Wildman–Crippen LogP) is 3.40. The minimum Gasteiger partial charge on any atom is -0.462 e. The fourth-order valence-electron chi connectivity index (χ4n) is 3.47. The van der Waals surface area contributed by atoms with Crippen LogP contribution in [0.5, 0.6) is 0 Å². The first-order chi connectivity index (χ1) is 15.0. The third-order valence-electron chi connectivity index (χ3n) is 5.06. The van der Waals surface area contributed by atoms with Crippen LogP contribution in [0.25, 0.3) is 11.4 Å². The van der Waals surface area contributed by atoms with Crippen LogP contribution in [0, 0.1) is 6.92 Å². The molecule has 0 aliphatic carbocycles. The maximum Gasteiger partial charge on any atom is 0.343 e. The van der Waals surface area contributed by atoms with E-state index in [9.17, 15) is 4.79 Å². The second kappa shape index (κ2) is 9.26. The topological polar surface area (TPSA) is 84.3 Å². The zero-order valence-corrected chi connectivity index (χ0v) is 18.2. The van der Waals surface area contributed by atoms with Crippen molar-refractivity contribution >= 4 is 29.2 Å². The molecule has 1 fully saturated rings. The van der Waals surface area contributed by atoms with E-state index in [1.54, 1.807) is 31.6 Å². The summed E-state index contributed by atoms with van der Waals surface area (Å²) >= 11 is 6.00. The molecular formula is C22H23ClN6O2. The summed E-state index contributed by atoms with van der Waals surface area (Å²) in [6, 6.07) is 9.29. The second-order valence-electron chi connectivity index (χ2n) is 7.15. The number of esters is 1. The van der Waals surface area contributed by atoms with Crippen molar-refractivity contribution in [3.8, 4) is 11.4 Å². The number of hydrogen-bond acceptors (Lipinski definition) is 8. The van der Waals surface area contributed by atoms with Gasteiger partial charge in [-0.3, -0.25) is 0 Å². The van der Waals surface area contributed by atoms with Crippen LogP contribution >= 0.6 is 11.6 Å². The number of carbonyl (C=O) groups excluding carboxylic acids is 1. The Morgan fingerprint density at radius 3 is 2.45 bits per heavy atom. The van der Waals surface area contributed by atoms with Gasteiger partial charge >= 0.3 is 5.97 Å². The third-order valence-corrected chi connectivity index (χ3v) is 5.31. The predicted molar refractivity (Wildman–Crippen MR) is 120 cm³/mol. The molecule has 3 heterocycles. The molecule has 0 N–H and O–H groups in total. The molecule has 2 aromatic heterocycles. The van der Waals surface area contributed by atoms with E-state index in [1.807, 2.05) is 25.1 Å². The lowest BCUT2D eigenvalue weighted by Crippen LogP contribution is -2.47.